The molecule has 1 aromatic carbocycles. The number of nitrogens with one attached hydrogen (secondary N) is 1. The molecule has 1 aliphatic heterocycles. The predicted molar refractivity (Wildman–Crippen MR) is 95.7 cm³/mol. The Labute approximate surface area is 154 Å². The molecule has 9 heteroatoms. The lowest BCUT2D eigenvalue weighted by molar-refractivity contribution is -0.134. The number of hydrogen-bond acceptors (Lipinski definition) is 6. The molecule has 8 nitrogen and oxygen atoms in total. The molecule has 0 radical (unpaired) electrons. The van der Waals surface area contributed by atoms with Gasteiger partial charge in [0, 0.05) is 13.1 Å². The fourth-order valence-corrected chi connectivity index (χ4v) is 4.99. The number of hydroxylamine groups is 1. The van der Waals surface area contributed by atoms with E-state index in [1.54, 1.807) is 32.5 Å². The van der Waals surface area contributed by atoms with E-state index in [0.717, 1.165) is 11.1 Å². The van der Waals surface area contributed by atoms with Crippen molar-refractivity contribution >= 4 is 15.9 Å². The third-order valence-corrected chi connectivity index (χ3v) is 6.60. The minimum Gasteiger partial charge on any atom is -0.493 e. The van der Waals surface area contributed by atoms with Crippen LogP contribution in [0.3, 0.4) is 0 Å². The van der Waals surface area contributed by atoms with E-state index in [-0.39, 0.29) is 18.2 Å². The van der Waals surface area contributed by atoms with Crippen LogP contribution < -0.4 is 15.0 Å². The van der Waals surface area contributed by atoms with Gasteiger partial charge >= 0.3 is 0 Å². The van der Waals surface area contributed by atoms with E-state index in [2.05, 4.69) is 0 Å². The molecule has 0 fully saturated rings. The molecule has 26 heavy (non-hydrogen) atoms. The van der Waals surface area contributed by atoms with Crippen molar-refractivity contribution in [1.29, 1.82) is 0 Å². The number of hydrogen-bond donors (Lipinski definition) is 2. The SMILES string of the molecule is COc1cc2c(cc1OC)CN(S(=O)(=O)CC(C(=O)NO)C(C)C)CC2. The van der Waals surface area contributed by atoms with Crippen LogP contribution in [-0.4, -0.2) is 50.4 Å². The molecule has 2 rings (SSSR count). The number of sulfonamides is 1. The topological polar surface area (TPSA) is 105 Å². The molecule has 1 atom stereocenters. The Morgan fingerprint density at radius 2 is 1.81 bits per heavy atom. The van der Waals surface area contributed by atoms with Crippen LogP contribution in [0.2, 0.25) is 0 Å². The summed E-state index contributed by atoms with van der Waals surface area (Å²) < 4.78 is 37.6. The lowest BCUT2D eigenvalue weighted by atomic mass is 9.97. The highest BCUT2D eigenvalue weighted by atomic mass is 32.2. The maximum Gasteiger partial charge on any atom is 0.247 e. The van der Waals surface area contributed by atoms with Crippen LogP contribution in [0.15, 0.2) is 12.1 Å². The normalized spacial score (nSPS) is 16.1. The molecule has 0 saturated carbocycles. The third-order valence-electron chi connectivity index (χ3n) is 4.72. The monoisotopic (exact) mass is 386 g/mol. The Balaban J connectivity index is 2.24. The van der Waals surface area contributed by atoms with Crippen LogP contribution in [0.4, 0.5) is 0 Å². The van der Waals surface area contributed by atoms with Gasteiger partial charge in [-0.1, -0.05) is 13.8 Å². The quantitative estimate of drug-likeness (QED) is 0.538. The smallest absolute Gasteiger partial charge is 0.247 e. The zero-order valence-corrected chi connectivity index (χ0v) is 16.3. The first-order chi connectivity index (χ1) is 12.2. The Kier molecular flexibility index (Phi) is 6.48. The Bertz CT molecular complexity index is 763. The van der Waals surface area contributed by atoms with Gasteiger partial charge in [-0.05, 0) is 35.6 Å². The van der Waals surface area contributed by atoms with Crippen molar-refractivity contribution in [3.63, 3.8) is 0 Å². The van der Waals surface area contributed by atoms with E-state index in [1.807, 2.05) is 6.07 Å². The number of nitrogens with zero attached hydrogens (tertiary/aromatic N) is 1. The van der Waals surface area contributed by atoms with Gasteiger partial charge in [0.2, 0.25) is 15.9 Å². The molecule has 146 valence electrons. The second-order valence-corrected chi connectivity index (χ2v) is 8.68. The van der Waals surface area contributed by atoms with Gasteiger partial charge in [-0.2, -0.15) is 4.31 Å². The fourth-order valence-electron chi connectivity index (χ4n) is 3.08. The van der Waals surface area contributed by atoms with Crippen LogP contribution in [0.25, 0.3) is 0 Å². The van der Waals surface area contributed by atoms with Crippen molar-refractivity contribution in [1.82, 2.24) is 9.79 Å². The zero-order valence-electron chi connectivity index (χ0n) is 15.5. The highest BCUT2D eigenvalue weighted by Crippen LogP contribution is 2.34. The number of fused-ring (bicyclic) bond motifs is 1. The molecule has 1 aliphatic rings. The highest BCUT2D eigenvalue weighted by Gasteiger charge is 2.34. The number of carbonyl (C=O) groups excluding carboxylic acids is 1. The second kappa shape index (κ2) is 8.24. The maximum absolute atomic E-state index is 12.8. The number of benzene rings is 1. The van der Waals surface area contributed by atoms with E-state index in [0.29, 0.717) is 24.5 Å². The number of rotatable bonds is 7. The molecule has 1 heterocycles. The van der Waals surface area contributed by atoms with Crippen molar-refractivity contribution in [2.75, 3.05) is 26.5 Å². The molecule has 2 N–H and O–H groups in total. The first kappa shape index (κ1) is 20.5. The van der Waals surface area contributed by atoms with Gasteiger partial charge in [-0.25, -0.2) is 13.9 Å². The summed E-state index contributed by atoms with van der Waals surface area (Å²) in [6.07, 6.45) is 0.549. The largest absolute Gasteiger partial charge is 0.493 e. The van der Waals surface area contributed by atoms with E-state index < -0.39 is 21.8 Å². The van der Waals surface area contributed by atoms with Gasteiger partial charge in [0.25, 0.3) is 0 Å². The molecular formula is C17H26N2O6S. The highest BCUT2D eigenvalue weighted by molar-refractivity contribution is 7.89. The first-order valence-electron chi connectivity index (χ1n) is 8.39. The average molecular weight is 386 g/mol. The molecule has 1 amide bonds. The molecule has 1 aromatic rings. The molecule has 1 unspecified atom stereocenters. The average Bonchev–Trinajstić information content (AvgIpc) is 2.63. The van der Waals surface area contributed by atoms with Gasteiger partial charge in [0.05, 0.1) is 25.9 Å². The Morgan fingerprint density at radius 3 is 2.31 bits per heavy atom. The first-order valence-corrected chi connectivity index (χ1v) is 10.00. The molecule has 0 bridgehead atoms. The predicted octanol–water partition coefficient (Wildman–Crippen LogP) is 1.17. The number of amides is 1. The summed E-state index contributed by atoms with van der Waals surface area (Å²) in [7, 11) is -0.584. The molecular weight excluding hydrogens is 360 g/mol. The number of methoxy groups -OCH3 is 2. The molecule has 0 saturated heterocycles. The van der Waals surface area contributed by atoms with Crippen LogP contribution in [0, 0.1) is 11.8 Å². The number of ether oxygens (including phenoxy) is 2. The molecule has 0 aliphatic carbocycles. The van der Waals surface area contributed by atoms with Crippen molar-refractivity contribution in [3.05, 3.63) is 23.3 Å². The Hall–Kier alpha value is -1.84. The molecule has 0 spiro atoms. The minimum absolute atomic E-state index is 0.212. The van der Waals surface area contributed by atoms with E-state index in [9.17, 15) is 13.2 Å². The zero-order chi connectivity index (χ0) is 19.5. The summed E-state index contributed by atoms with van der Waals surface area (Å²) >= 11 is 0. The summed E-state index contributed by atoms with van der Waals surface area (Å²) in [5.74, 6) is -0.922. The third kappa shape index (κ3) is 4.28. The van der Waals surface area contributed by atoms with Gasteiger partial charge in [-0.3, -0.25) is 10.0 Å². The van der Waals surface area contributed by atoms with Crippen molar-refractivity contribution in [2.24, 2.45) is 11.8 Å². The fraction of sp³-hybridized carbons (Fsp3) is 0.588. The van der Waals surface area contributed by atoms with Crippen LogP contribution >= 0.6 is 0 Å². The summed E-state index contributed by atoms with van der Waals surface area (Å²) in [5.41, 5.74) is 3.43. The van der Waals surface area contributed by atoms with Crippen molar-refractivity contribution < 1.29 is 27.9 Å². The van der Waals surface area contributed by atoms with E-state index >= 15 is 0 Å². The van der Waals surface area contributed by atoms with Crippen molar-refractivity contribution in [3.8, 4) is 11.5 Å². The van der Waals surface area contributed by atoms with Gasteiger partial charge in [-0.15, -0.1) is 0 Å². The molecule has 0 aromatic heterocycles. The Morgan fingerprint density at radius 1 is 1.23 bits per heavy atom. The van der Waals surface area contributed by atoms with Crippen molar-refractivity contribution in [2.45, 2.75) is 26.8 Å². The summed E-state index contributed by atoms with van der Waals surface area (Å²) in [6.45, 7) is 4.04. The van der Waals surface area contributed by atoms with Gasteiger partial charge in [0.15, 0.2) is 11.5 Å². The summed E-state index contributed by atoms with van der Waals surface area (Å²) in [4.78, 5) is 11.8. The van der Waals surface area contributed by atoms with Crippen LogP contribution in [-0.2, 0) is 27.8 Å². The van der Waals surface area contributed by atoms with E-state index in [1.165, 1.54) is 11.4 Å². The van der Waals surface area contributed by atoms with Gasteiger partial charge < -0.3 is 9.47 Å². The van der Waals surface area contributed by atoms with Crippen LogP contribution in [0.5, 0.6) is 11.5 Å². The second-order valence-electron chi connectivity index (χ2n) is 6.66. The van der Waals surface area contributed by atoms with E-state index in [4.69, 9.17) is 14.7 Å². The lowest BCUT2D eigenvalue weighted by Gasteiger charge is -2.30. The lowest BCUT2D eigenvalue weighted by Crippen LogP contribution is -2.43. The maximum atomic E-state index is 12.8. The standard InChI is InChI=1S/C17H26N2O6S/c1-11(2)14(17(20)18-21)10-26(22,23)19-6-5-12-7-15(24-3)16(25-4)8-13(12)9-19/h7-8,11,14,21H,5-6,9-10H2,1-4H3,(H,18,20). The summed E-state index contributed by atoms with van der Waals surface area (Å²) in [5, 5.41) is 8.86. The van der Waals surface area contributed by atoms with Crippen LogP contribution in [0.1, 0.15) is 25.0 Å². The minimum atomic E-state index is -3.67. The van der Waals surface area contributed by atoms with Gasteiger partial charge in [0.1, 0.15) is 0 Å². The summed E-state index contributed by atoms with van der Waals surface area (Å²) in [6, 6.07) is 3.66. The number of carbonyl (C=O) groups is 1.